The van der Waals surface area contributed by atoms with Crippen LogP contribution in [0.5, 0.6) is 0 Å². The number of carbonyl (C=O) groups is 1. The summed E-state index contributed by atoms with van der Waals surface area (Å²) < 4.78 is 13.0. The van der Waals surface area contributed by atoms with Crippen LogP contribution in [-0.4, -0.2) is 26.1 Å². The Morgan fingerprint density at radius 1 is 1.28 bits per heavy atom. The first-order chi connectivity index (χ1) is 12.2. The molecule has 0 radical (unpaired) electrons. The largest absolute Gasteiger partial charge is 0.349 e. The number of pyridine rings is 1. The van der Waals surface area contributed by atoms with Crippen molar-refractivity contribution >= 4 is 5.91 Å². The number of hydrogen-bond donors (Lipinski definition) is 2. The molecule has 2 atom stereocenters. The number of benzene rings is 1. The van der Waals surface area contributed by atoms with Crippen molar-refractivity contribution in [2.24, 2.45) is 5.92 Å². The fraction of sp³-hybridized carbons (Fsp3) is 0.222. The molecule has 0 saturated heterocycles. The maximum absolute atomic E-state index is 13.0. The van der Waals surface area contributed by atoms with Crippen LogP contribution in [0.4, 0.5) is 4.39 Å². The summed E-state index contributed by atoms with van der Waals surface area (Å²) in [4.78, 5) is 20.7. The quantitative estimate of drug-likeness (QED) is 0.749. The lowest BCUT2D eigenvalue weighted by atomic mass is 10.1. The molecule has 3 aromatic rings. The van der Waals surface area contributed by atoms with Gasteiger partial charge in [-0.15, -0.1) is 0 Å². The number of amides is 1. The standard InChI is InChI=1S/C18H16FN5O/c19-13-5-3-11(4-6-13)17-22-16(23-24-17)10-21-18(25)15-8-14(15)12-2-1-7-20-9-12/h1-7,9,14-15H,8,10H2,(H,21,25)(H,22,23,24). The minimum Gasteiger partial charge on any atom is -0.349 e. The minimum absolute atomic E-state index is 0.00795. The third kappa shape index (κ3) is 3.40. The number of H-pyrrole nitrogens is 1. The zero-order valence-electron chi connectivity index (χ0n) is 13.3. The Labute approximate surface area is 143 Å². The molecule has 2 unspecified atom stereocenters. The molecule has 7 heteroatoms. The van der Waals surface area contributed by atoms with Gasteiger partial charge in [-0.3, -0.25) is 14.9 Å². The lowest BCUT2D eigenvalue weighted by molar-refractivity contribution is -0.122. The first-order valence-electron chi connectivity index (χ1n) is 8.05. The number of aromatic amines is 1. The lowest BCUT2D eigenvalue weighted by Crippen LogP contribution is -2.25. The van der Waals surface area contributed by atoms with Crippen LogP contribution in [0, 0.1) is 11.7 Å². The van der Waals surface area contributed by atoms with Crippen molar-refractivity contribution in [3.05, 3.63) is 66.0 Å². The summed E-state index contributed by atoms with van der Waals surface area (Å²) in [6.07, 6.45) is 4.38. The van der Waals surface area contributed by atoms with Gasteiger partial charge in [0.05, 0.1) is 6.54 Å². The molecule has 0 aliphatic heterocycles. The molecule has 2 N–H and O–H groups in total. The molecule has 1 aromatic carbocycles. The third-order valence-electron chi connectivity index (χ3n) is 4.30. The predicted octanol–water partition coefficient (Wildman–Crippen LogP) is 2.43. The van der Waals surface area contributed by atoms with Crippen LogP contribution in [0.1, 0.15) is 23.7 Å². The van der Waals surface area contributed by atoms with E-state index in [9.17, 15) is 9.18 Å². The minimum atomic E-state index is -0.306. The van der Waals surface area contributed by atoms with Crippen LogP contribution in [-0.2, 0) is 11.3 Å². The fourth-order valence-electron chi connectivity index (χ4n) is 2.85. The zero-order valence-corrected chi connectivity index (χ0v) is 13.3. The molecule has 0 spiro atoms. The molecule has 1 saturated carbocycles. The van der Waals surface area contributed by atoms with E-state index in [-0.39, 0.29) is 30.1 Å². The molecule has 1 amide bonds. The van der Waals surface area contributed by atoms with E-state index in [2.05, 4.69) is 25.5 Å². The highest BCUT2D eigenvalue weighted by molar-refractivity contribution is 5.82. The van der Waals surface area contributed by atoms with Gasteiger partial charge in [0.25, 0.3) is 0 Å². The topological polar surface area (TPSA) is 83.6 Å². The second kappa shape index (κ2) is 6.43. The van der Waals surface area contributed by atoms with Gasteiger partial charge in [-0.05, 0) is 48.2 Å². The van der Waals surface area contributed by atoms with E-state index < -0.39 is 0 Å². The van der Waals surface area contributed by atoms with Gasteiger partial charge in [-0.1, -0.05) is 6.07 Å². The Morgan fingerprint density at radius 3 is 2.88 bits per heavy atom. The van der Waals surface area contributed by atoms with E-state index in [1.807, 2.05) is 18.3 Å². The van der Waals surface area contributed by atoms with Crippen molar-refractivity contribution in [3.8, 4) is 11.4 Å². The Bertz CT molecular complexity index is 878. The molecule has 1 aliphatic rings. The molecule has 1 fully saturated rings. The molecule has 1 aliphatic carbocycles. The van der Waals surface area contributed by atoms with Gasteiger partial charge in [0.15, 0.2) is 5.82 Å². The number of hydrogen-bond acceptors (Lipinski definition) is 4. The lowest BCUT2D eigenvalue weighted by Gasteiger charge is -2.02. The van der Waals surface area contributed by atoms with Gasteiger partial charge < -0.3 is 5.32 Å². The van der Waals surface area contributed by atoms with Gasteiger partial charge in [0.1, 0.15) is 11.6 Å². The summed E-state index contributed by atoms with van der Waals surface area (Å²) in [5, 5.41) is 9.78. The Hall–Kier alpha value is -3.09. The monoisotopic (exact) mass is 337 g/mol. The van der Waals surface area contributed by atoms with Crippen molar-refractivity contribution in [2.75, 3.05) is 0 Å². The van der Waals surface area contributed by atoms with Gasteiger partial charge in [-0.2, -0.15) is 5.10 Å². The van der Waals surface area contributed by atoms with Crippen molar-refractivity contribution < 1.29 is 9.18 Å². The fourth-order valence-corrected chi connectivity index (χ4v) is 2.85. The highest BCUT2D eigenvalue weighted by Crippen LogP contribution is 2.47. The second-order valence-corrected chi connectivity index (χ2v) is 6.07. The number of nitrogens with one attached hydrogen (secondary N) is 2. The molecular weight excluding hydrogens is 321 g/mol. The van der Waals surface area contributed by atoms with Crippen LogP contribution in [0.3, 0.4) is 0 Å². The summed E-state index contributed by atoms with van der Waals surface area (Å²) in [6.45, 7) is 0.281. The molecular formula is C18H16FN5O. The first kappa shape index (κ1) is 15.4. The van der Waals surface area contributed by atoms with Gasteiger partial charge in [-0.25, -0.2) is 9.37 Å². The van der Waals surface area contributed by atoms with Crippen molar-refractivity contribution in [3.63, 3.8) is 0 Å². The summed E-state index contributed by atoms with van der Waals surface area (Å²) in [5.41, 5.74) is 1.81. The van der Waals surface area contributed by atoms with Crippen molar-refractivity contribution in [1.82, 2.24) is 25.5 Å². The molecule has 0 bridgehead atoms. The maximum Gasteiger partial charge on any atom is 0.224 e. The summed E-state index contributed by atoms with van der Waals surface area (Å²) in [7, 11) is 0. The van der Waals surface area contributed by atoms with E-state index in [1.54, 1.807) is 18.3 Å². The molecule has 25 heavy (non-hydrogen) atoms. The molecule has 2 aromatic heterocycles. The highest BCUT2D eigenvalue weighted by Gasteiger charge is 2.43. The predicted molar refractivity (Wildman–Crippen MR) is 88.7 cm³/mol. The summed E-state index contributed by atoms with van der Waals surface area (Å²) >= 11 is 0. The Morgan fingerprint density at radius 2 is 2.12 bits per heavy atom. The van der Waals surface area contributed by atoms with E-state index in [4.69, 9.17) is 0 Å². The van der Waals surface area contributed by atoms with E-state index in [1.165, 1.54) is 12.1 Å². The average Bonchev–Trinajstić information content (AvgIpc) is 3.32. The zero-order chi connectivity index (χ0) is 17.2. The number of nitrogens with zero attached hydrogens (tertiary/aromatic N) is 3. The van der Waals surface area contributed by atoms with E-state index in [0.29, 0.717) is 17.2 Å². The first-order valence-corrected chi connectivity index (χ1v) is 8.05. The van der Waals surface area contributed by atoms with Crippen LogP contribution < -0.4 is 5.32 Å². The second-order valence-electron chi connectivity index (χ2n) is 6.07. The van der Waals surface area contributed by atoms with E-state index in [0.717, 1.165) is 12.0 Å². The SMILES string of the molecule is O=C(NCc1nc(-c2ccc(F)cc2)n[nH]1)C1CC1c1cccnc1. The van der Waals surface area contributed by atoms with Gasteiger partial charge in [0, 0.05) is 23.9 Å². The smallest absolute Gasteiger partial charge is 0.224 e. The Balaban J connectivity index is 1.33. The highest BCUT2D eigenvalue weighted by atomic mass is 19.1. The summed E-state index contributed by atoms with van der Waals surface area (Å²) in [6, 6.07) is 9.83. The molecule has 2 heterocycles. The number of halogens is 1. The van der Waals surface area contributed by atoms with Crippen LogP contribution in [0.2, 0.25) is 0 Å². The normalized spacial score (nSPS) is 18.8. The maximum atomic E-state index is 13.0. The number of aromatic nitrogens is 4. The Kier molecular flexibility index (Phi) is 3.97. The van der Waals surface area contributed by atoms with Crippen molar-refractivity contribution in [2.45, 2.75) is 18.9 Å². The van der Waals surface area contributed by atoms with Crippen LogP contribution >= 0.6 is 0 Å². The number of carbonyl (C=O) groups excluding carboxylic acids is 1. The number of rotatable bonds is 5. The van der Waals surface area contributed by atoms with Crippen LogP contribution in [0.15, 0.2) is 48.8 Å². The summed E-state index contributed by atoms with van der Waals surface area (Å²) in [5.74, 6) is 0.977. The third-order valence-corrected chi connectivity index (χ3v) is 4.30. The molecule has 126 valence electrons. The average molecular weight is 337 g/mol. The molecule has 4 rings (SSSR count). The van der Waals surface area contributed by atoms with Crippen LogP contribution in [0.25, 0.3) is 11.4 Å². The van der Waals surface area contributed by atoms with Crippen molar-refractivity contribution in [1.29, 1.82) is 0 Å². The molecule has 6 nitrogen and oxygen atoms in total. The van der Waals surface area contributed by atoms with Gasteiger partial charge in [0.2, 0.25) is 5.91 Å². The van der Waals surface area contributed by atoms with E-state index >= 15 is 0 Å². The van der Waals surface area contributed by atoms with Gasteiger partial charge >= 0.3 is 0 Å².